The molecule has 0 aliphatic heterocycles. The monoisotopic (exact) mass is 660 g/mol. The summed E-state index contributed by atoms with van der Waals surface area (Å²) in [5.41, 5.74) is 0. The fourth-order valence-electron chi connectivity index (χ4n) is 6.16. The number of amides is 1. The molecule has 0 saturated heterocycles. The van der Waals surface area contributed by atoms with Crippen molar-refractivity contribution in [3.05, 3.63) is 36.5 Å². The van der Waals surface area contributed by atoms with Crippen molar-refractivity contribution in [2.24, 2.45) is 0 Å². The molecule has 0 rings (SSSR count). The SMILES string of the molecule is CCC/C=C/CC/C=C/CC/C=C/C(O)C(CO)NC(=O)CCCCCCCCCCCCCCCCCCCCCCCCCC. The number of hydrogen-bond donors (Lipinski definition) is 3. The first-order valence-electron chi connectivity index (χ1n) is 20.7. The van der Waals surface area contributed by atoms with E-state index < -0.39 is 12.1 Å². The van der Waals surface area contributed by atoms with Gasteiger partial charge in [0.2, 0.25) is 5.91 Å². The second-order valence-electron chi connectivity index (χ2n) is 14.0. The van der Waals surface area contributed by atoms with Gasteiger partial charge in [0, 0.05) is 6.42 Å². The van der Waals surface area contributed by atoms with Crippen LogP contribution in [0.2, 0.25) is 0 Å². The second kappa shape index (κ2) is 39.1. The van der Waals surface area contributed by atoms with Gasteiger partial charge in [0.15, 0.2) is 0 Å². The van der Waals surface area contributed by atoms with Gasteiger partial charge >= 0.3 is 0 Å². The number of aliphatic hydroxyl groups excluding tert-OH is 2. The lowest BCUT2D eigenvalue weighted by Gasteiger charge is -2.19. The fraction of sp³-hybridized carbons (Fsp3) is 0.837. The van der Waals surface area contributed by atoms with E-state index in [0.717, 1.165) is 44.9 Å². The van der Waals surface area contributed by atoms with Gasteiger partial charge in [-0.2, -0.15) is 0 Å². The first-order valence-corrected chi connectivity index (χ1v) is 20.7. The van der Waals surface area contributed by atoms with Crippen LogP contribution < -0.4 is 5.32 Å². The Kier molecular flexibility index (Phi) is 37.9. The molecule has 0 aromatic heterocycles. The van der Waals surface area contributed by atoms with Gasteiger partial charge < -0.3 is 15.5 Å². The van der Waals surface area contributed by atoms with Crippen molar-refractivity contribution in [3.63, 3.8) is 0 Å². The van der Waals surface area contributed by atoms with E-state index in [9.17, 15) is 15.0 Å². The van der Waals surface area contributed by atoms with Crippen LogP contribution in [-0.4, -0.2) is 34.9 Å². The summed E-state index contributed by atoms with van der Waals surface area (Å²) in [7, 11) is 0. The maximum Gasteiger partial charge on any atom is 0.220 e. The number of rotatable bonds is 37. The van der Waals surface area contributed by atoms with Crippen LogP contribution >= 0.6 is 0 Å². The van der Waals surface area contributed by atoms with Crippen molar-refractivity contribution in [1.82, 2.24) is 5.32 Å². The molecular weight excluding hydrogens is 578 g/mol. The molecule has 0 aliphatic carbocycles. The molecule has 0 spiro atoms. The maximum absolute atomic E-state index is 12.3. The molecule has 4 heteroatoms. The zero-order valence-electron chi connectivity index (χ0n) is 31.5. The Morgan fingerprint density at radius 1 is 0.489 bits per heavy atom. The summed E-state index contributed by atoms with van der Waals surface area (Å²) in [4.78, 5) is 12.3. The Balaban J connectivity index is 3.51. The van der Waals surface area contributed by atoms with Gasteiger partial charge in [-0.3, -0.25) is 4.79 Å². The lowest BCUT2D eigenvalue weighted by atomic mass is 10.0. The standard InChI is InChI=1S/C43H81NO3/c1-3-5-7-9-11-13-15-16-17-18-19-20-21-22-23-24-25-26-27-29-31-33-35-37-39-43(47)44-41(40-45)42(46)38-36-34-32-30-28-14-12-10-8-6-4-2/h8,10,28,30,36,38,41-42,45-46H,3-7,9,11-27,29,31-35,37,39-40H2,1-2H3,(H,44,47)/b10-8+,30-28+,38-36+. The van der Waals surface area contributed by atoms with Crippen molar-refractivity contribution >= 4 is 5.91 Å². The molecule has 0 aliphatic rings. The Labute approximate surface area is 293 Å². The van der Waals surface area contributed by atoms with E-state index in [-0.39, 0.29) is 12.5 Å². The third-order valence-corrected chi connectivity index (χ3v) is 9.33. The normalized spacial score (nSPS) is 13.4. The number of carbonyl (C=O) groups is 1. The van der Waals surface area contributed by atoms with Crippen molar-refractivity contribution in [1.29, 1.82) is 0 Å². The summed E-state index contributed by atoms with van der Waals surface area (Å²) in [6, 6.07) is -0.640. The van der Waals surface area contributed by atoms with Crippen molar-refractivity contribution in [2.75, 3.05) is 6.61 Å². The molecule has 0 aromatic rings. The average molecular weight is 660 g/mol. The third kappa shape index (κ3) is 35.7. The smallest absolute Gasteiger partial charge is 0.220 e. The first kappa shape index (κ1) is 45.6. The van der Waals surface area contributed by atoms with Gasteiger partial charge in [0.05, 0.1) is 18.8 Å². The summed E-state index contributed by atoms with van der Waals surface area (Å²) in [5.74, 6) is -0.0776. The third-order valence-electron chi connectivity index (χ3n) is 9.33. The molecule has 1 amide bonds. The van der Waals surface area contributed by atoms with Gasteiger partial charge in [-0.25, -0.2) is 0 Å². The lowest BCUT2D eigenvalue weighted by Crippen LogP contribution is -2.45. The molecule has 0 heterocycles. The van der Waals surface area contributed by atoms with Crippen LogP contribution in [0.4, 0.5) is 0 Å². The minimum atomic E-state index is -0.865. The van der Waals surface area contributed by atoms with Crippen molar-refractivity contribution in [2.45, 2.75) is 225 Å². The maximum atomic E-state index is 12.3. The Hall–Kier alpha value is -1.39. The zero-order valence-corrected chi connectivity index (χ0v) is 31.5. The summed E-state index contributed by atoms with van der Waals surface area (Å²) >= 11 is 0. The second-order valence-corrected chi connectivity index (χ2v) is 14.0. The largest absolute Gasteiger partial charge is 0.394 e. The molecule has 3 N–H and O–H groups in total. The van der Waals surface area contributed by atoms with E-state index in [0.29, 0.717) is 6.42 Å². The minimum absolute atomic E-state index is 0.0776. The first-order chi connectivity index (χ1) is 23.2. The molecule has 2 unspecified atom stereocenters. The molecule has 2 atom stereocenters. The summed E-state index contributed by atoms with van der Waals surface area (Å²) < 4.78 is 0. The van der Waals surface area contributed by atoms with Gasteiger partial charge in [-0.05, 0) is 38.5 Å². The summed E-state index contributed by atoms with van der Waals surface area (Å²) in [6.07, 6.45) is 51.2. The molecule has 0 saturated carbocycles. The Morgan fingerprint density at radius 3 is 1.19 bits per heavy atom. The predicted octanol–water partition coefficient (Wildman–Crippen LogP) is 12.6. The minimum Gasteiger partial charge on any atom is -0.394 e. The Morgan fingerprint density at radius 2 is 0.830 bits per heavy atom. The fourth-order valence-corrected chi connectivity index (χ4v) is 6.16. The quantitative estimate of drug-likeness (QED) is 0.0459. The number of aliphatic hydroxyl groups is 2. The summed E-state index contributed by atoms with van der Waals surface area (Å²) in [5, 5.41) is 22.8. The van der Waals surface area contributed by atoms with Crippen LogP contribution in [0.25, 0.3) is 0 Å². The van der Waals surface area contributed by atoms with E-state index >= 15 is 0 Å². The zero-order chi connectivity index (χ0) is 34.3. The highest BCUT2D eigenvalue weighted by molar-refractivity contribution is 5.76. The highest BCUT2D eigenvalue weighted by atomic mass is 16.3. The highest BCUT2D eigenvalue weighted by Gasteiger charge is 2.17. The highest BCUT2D eigenvalue weighted by Crippen LogP contribution is 2.16. The molecule has 0 aromatic carbocycles. The van der Waals surface area contributed by atoms with Crippen LogP contribution in [0.5, 0.6) is 0 Å². The topological polar surface area (TPSA) is 69.6 Å². The van der Waals surface area contributed by atoms with Gasteiger partial charge in [-0.1, -0.05) is 204 Å². The van der Waals surface area contributed by atoms with Crippen LogP contribution in [0.1, 0.15) is 213 Å². The number of unbranched alkanes of at least 4 members (excludes halogenated alkanes) is 26. The molecule has 276 valence electrons. The summed E-state index contributed by atoms with van der Waals surface area (Å²) in [6.45, 7) is 4.22. The van der Waals surface area contributed by atoms with Crippen LogP contribution in [-0.2, 0) is 4.79 Å². The molecule has 0 radical (unpaired) electrons. The average Bonchev–Trinajstić information content (AvgIpc) is 3.07. The van der Waals surface area contributed by atoms with Gasteiger partial charge in [0.1, 0.15) is 0 Å². The van der Waals surface area contributed by atoms with E-state index in [2.05, 4.69) is 43.5 Å². The Bertz CT molecular complexity index is 716. The molecule has 0 bridgehead atoms. The number of allylic oxidation sites excluding steroid dienone is 5. The van der Waals surface area contributed by atoms with Crippen LogP contribution in [0, 0.1) is 0 Å². The van der Waals surface area contributed by atoms with Crippen molar-refractivity contribution in [3.8, 4) is 0 Å². The van der Waals surface area contributed by atoms with E-state index in [1.807, 2.05) is 6.08 Å². The van der Waals surface area contributed by atoms with E-state index in [1.54, 1.807) is 6.08 Å². The van der Waals surface area contributed by atoms with Gasteiger partial charge in [0.25, 0.3) is 0 Å². The lowest BCUT2D eigenvalue weighted by molar-refractivity contribution is -0.123. The molecule has 4 nitrogen and oxygen atoms in total. The number of hydrogen-bond acceptors (Lipinski definition) is 3. The van der Waals surface area contributed by atoms with E-state index in [1.165, 1.54) is 148 Å². The number of carbonyl (C=O) groups excluding carboxylic acids is 1. The predicted molar refractivity (Wildman–Crippen MR) is 207 cm³/mol. The van der Waals surface area contributed by atoms with E-state index in [4.69, 9.17) is 0 Å². The van der Waals surface area contributed by atoms with Crippen LogP contribution in [0.15, 0.2) is 36.5 Å². The number of nitrogens with one attached hydrogen (secondary N) is 1. The van der Waals surface area contributed by atoms with Crippen LogP contribution in [0.3, 0.4) is 0 Å². The van der Waals surface area contributed by atoms with Crippen molar-refractivity contribution < 1.29 is 15.0 Å². The molecule has 47 heavy (non-hydrogen) atoms. The van der Waals surface area contributed by atoms with Gasteiger partial charge in [-0.15, -0.1) is 0 Å². The molecular formula is C43H81NO3. The molecule has 0 fully saturated rings.